The van der Waals surface area contributed by atoms with Gasteiger partial charge >= 0.3 is 0 Å². The first-order valence-corrected chi connectivity index (χ1v) is 22.8. The van der Waals surface area contributed by atoms with Crippen molar-refractivity contribution >= 4 is 104 Å². The summed E-state index contributed by atoms with van der Waals surface area (Å²) in [4.78, 5) is 0. The van der Waals surface area contributed by atoms with Gasteiger partial charge in [0.05, 0.1) is 22.1 Å². The van der Waals surface area contributed by atoms with Gasteiger partial charge in [0.15, 0.2) is 8.07 Å². The molecule has 0 aliphatic heterocycles. The lowest BCUT2D eigenvalue weighted by Crippen LogP contribution is -2.74. The molecule has 272 valence electrons. The van der Waals surface area contributed by atoms with E-state index in [-0.39, 0.29) is 0 Å². The van der Waals surface area contributed by atoms with Crippen LogP contribution in [0.5, 0.6) is 0 Å². The zero-order chi connectivity index (χ0) is 38.2. The van der Waals surface area contributed by atoms with Gasteiger partial charge in [0, 0.05) is 53.1 Å². The number of hydrogen-bond donors (Lipinski definition) is 0. The van der Waals surface area contributed by atoms with Crippen LogP contribution >= 0.6 is 11.3 Å². The Morgan fingerprint density at radius 2 is 0.845 bits per heavy atom. The molecule has 4 heteroatoms. The van der Waals surface area contributed by atoms with Crippen molar-refractivity contribution in [3.63, 3.8) is 0 Å². The lowest BCUT2D eigenvalue weighted by molar-refractivity contribution is 1.18. The highest BCUT2D eigenvalue weighted by atomic mass is 32.1. The molecule has 0 unspecified atom stereocenters. The Bertz CT molecular complexity index is 3470. The highest BCUT2D eigenvalue weighted by Gasteiger charge is 2.42. The summed E-state index contributed by atoms with van der Waals surface area (Å²) in [5.41, 5.74) is 7.27. The van der Waals surface area contributed by atoms with Crippen LogP contribution in [0, 0.1) is 0 Å². The monoisotopic (exact) mass is 772 g/mol. The van der Waals surface area contributed by atoms with Gasteiger partial charge < -0.3 is 9.13 Å². The highest BCUT2D eigenvalue weighted by Crippen LogP contribution is 2.43. The van der Waals surface area contributed by atoms with Crippen molar-refractivity contribution in [1.82, 2.24) is 9.13 Å². The Morgan fingerprint density at radius 3 is 1.57 bits per heavy atom. The summed E-state index contributed by atoms with van der Waals surface area (Å²) in [6, 6.07) is 81.6. The van der Waals surface area contributed by atoms with E-state index in [1.807, 2.05) is 11.3 Å². The second-order valence-electron chi connectivity index (χ2n) is 15.2. The molecule has 12 aromatic rings. The van der Waals surface area contributed by atoms with E-state index in [1.54, 1.807) is 0 Å². The predicted octanol–water partition coefficient (Wildman–Crippen LogP) is 11.6. The van der Waals surface area contributed by atoms with Crippen LogP contribution in [-0.2, 0) is 0 Å². The molecule has 58 heavy (non-hydrogen) atoms. The predicted molar refractivity (Wildman–Crippen MR) is 252 cm³/mol. The van der Waals surface area contributed by atoms with E-state index in [4.69, 9.17) is 0 Å². The molecule has 0 amide bonds. The molecule has 9 aromatic carbocycles. The Labute approximate surface area is 341 Å². The van der Waals surface area contributed by atoms with E-state index in [9.17, 15) is 0 Å². The van der Waals surface area contributed by atoms with E-state index in [0.29, 0.717) is 0 Å². The lowest BCUT2D eigenvalue weighted by Gasteiger charge is -2.35. The van der Waals surface area contributed by atoms with E-state index in [1.165, 1.54) is 95.9 Å². The van der Waals surface area contributed by atoms with Gasteiger partial charge in [-0.05, 0) is 75.3 Å². The van der Waals surface area contributed by atoms with Gasteiger partial charge in [-0.25, -0.2) is 0 Å². The molecule has 0 fully saturated rings. The van der Waals surface area contributed by atoms with Crippen molar-refractivity contribution in [2.75, 3.05) is 0 Å². The molecule has 0 N–H and O–H groups in total. The molecule has 3 aromatic heterocycles. The van der Waals surface area contributed by atoms with Crippen molar-refractivity contribution in [1.29, 1.82) is 0 Å². The molecule has 0 spiro atoms. The quantitative estimate of drug-likeness (QED) is 0.118. The molecule has 0 aliphatic rings. The number of para-hydroxylation sites is 3. The van der Waals surface area contributed by atoms with Gasteiger partial charge in [-0.3, -0.25) is 0 Å². The third-order valence-corrected chi connectivity index (χ3v) is 18.1. The van der Waals surface area contributed by atoms with Crippen molar-refractivity contribution in [2.45, 2.75) is 0 Å². The smallest absolute Gasteiger partial charge is 0.179 e. The maximum atomic E-state index is 2.54. The van der Waals surface area contributed by atoms with Crippen LogP contribution in [-0.4, -0.2) is 17.2 Å². The van der Waals surface area contributed by atoms with E-state index in [2.05, 4.69) is 228 Å². The SMILES string of the molecule is c1ccc(-n2c3ccccc3c3cc([Si](c4ccccc4)(c4ccccc4)c4cccc(-n5c6ccccc6c6ccc7sc8ccccc8c7c65)c4)ccc32)cc1. The summed E-state index contributed by atoms with van der Waals surface area (Å²) in [5.74, 6) is 0. The lowest BCUT2D eigenvalue weighted by atomic mass is 10.1. The first kappa shape index (κ1) is 33.2. The van der Waals surface area contributed by atoms with Gasteiger partial charge in [0.2, 0.25) is 0 Å². The zero-order valence-corrected chi connectivity index (χ0v) is 33.4. The topological polar surface area (TPSA) is 9.86 Å². The summed E-state index contributed by atoms with van der Waals surface area (Å²) in [6.45, 7) is 0. The number of benzene rings is 9. The molecule has 0 bridgehead atoms. The number of fused-ring (bicyclic) bond motifs is 10. The summed E-state index contributed by atoms with van der Waals surface area (Å²) >= 11 is 1.88. The summed E-state index contributed by atoms with van der Waals surface area (Å²) in [7, 11) is -2.96. The average Bonchev–Trinajstić information content (AvgIpc) is 3.95. The molecule has 0 radical (unpaired) electrons. The molecule has 0 saturated carbocycles. The second kappa shape index (κ2) is 13.0. The van der Waals surface area contributed by atoms with Crippen LogP contribution in [0.2, 0.25) is 0 Å². The summed E-state index contributed by atoms with van der Waals surface area (Å²) in [5, 5.41) is 13.2. The normalized spacial score (nSPS) is 12.1. The van der Waals surface area contributed by atoms with E-state index in [0.717, 1.165) is 0 Å². The first-order chi connectivity index (χ1) is 28.8. The molecule has 2 nitrogen and oxygen atoms in total. The van der Waals surface area contributed by atoms with Crippen LogP contribution in [0.3, 0.4) is 0 Å². The Balaban J connectivity index is 1.19. The van der Waals surface area contributed by atoms with Gasteiger partial charge in [0.25, 0.3) is 0 Å². The zero-order valence-electron chi connectivity index (χ0n) is 31.6. The molecular formula is C54H36N2SSi. The largest absolute Gasteiger partial charge is 0.309 e. The highest BCUT2D eigenvalue weighted by molar-refractivity contribution is 7.26. The average molecular weight is 773 g/mol. The maximum Gasteiger partial charge on any atom is 0.179 e. The van der Waals surface area contributed by atoms with Crippen molar-refractivity contribution in [3.8, 4) is 11.4 Å². The summed E-state index contributed by atoms with van der Waals surface area (Å²) in [6.07, 6.45) is 0. The van der Waals surface area contributed by atoms with Gasteiger partial charge in [-0.2, -0.15) is 0 Å². The maximum absolute atomic E-state index is 2.96. The van der Waals surface area contributed by atoms with Crippen molar-refractivity contribution in [2.24, 2.45) is 0 Å². The van der Waals surface area contributed by atoms with E-state index >= 15 is 0 Å². The minimum Gasteiger partial charge on any atom is -0.309 e. The molecule has 3 heterocycles. The number of nitrogens with zero attached hydrogens (tertiary/aromatic N) is 2. The van der Waals surface area contributed by atoms with Crippen molar-refractivity contribution < 1.29 is 0 Å². The van der Waals surface area contributed by atoms with Crippen LogP contribution in [0.15, 0.2) is 218 Å². The number of thiophene rings is 1. The molecular weight excluding hydrogens is 737 g/mol. The number of rotatable bonds is 6. The number of hydrogen-bond acceptors (Lipinski definition) is 1. The molecule has 0 saturated heterocycles. The molecule has 0 aliphatic carbocycles. The fourth-order valence-corrected chi connectivity index (χ4v) is 15.7. The van der Waals surface area contributed by atoms with Gasteiger partial charge in [0.1, 0.15) is 0 Å². The Kier molecular flexibility index (Phi) is 7.46. The summed E-state index contributed by atoms with van der Waals surface area (Å²) < 4.78 is 7.59. The fraction of sp³-hybridized carbons (Fsp3) is 0. The Morgan fingerprint density at radius 1 is 0.310 bits per heavy atom. The molecule has 12 rings (SSSR count). The molecule has 0 atom stereocenters. The van der Waals surface area contributed by atoms with E-state index < -0.39 is 8.07 Å². The fourth-order valence-electron chi connectivity index (χ4n) is 9.85. The van der Waals surface area contributed by atoms with Crippen LogP contribution < -0.4 is 20.7 Å². The van der Waals surface area contributed by atoms with Crippen molar-refractivity contribution in [3.05, 3.63) is 218 Å². The van der Waals surface area contributed by atoms with Crippen LogP contribution in [0.4, 0.5) is 0 Å². The van der Waals surface area contributed by atoms with Crippen LogP contribution in [0.25, 0.3) is 75.2 Å². The standard InChI is InChI=1S/C54H36N2SSi/c1-4-17-37(18-5-1)55-48-28-13-11-26-44(48)47-36-42(31-33-50(47)55)58(39-20-6-2-7-21-39,40-22-8-3-9-23-40)41-24-16-19-38(35-41)56-49-29-14-10-25-43(49)45-32-34-52-53(54(45)56)46-27-12-15-30-51(46)57-52/h1-36H. The van der Waals surface area contributed by atoms with Gasteiger partial charge in [-0.1, -0.05) is 164 Å². The third kappa shape index (κ3) is 4.76. The minimum absolute atomic E-state index is 1.17. The first-order valence-electron chi connectivity index (χ1n) is 19.9. The number of aromatic nitrogens is 2. The second-order valence-corrected chi connectivity index (χ2v) is 20.1. The van der Waals surface area contributed by atoms with Gasteiger partial charge in [-0.15, -0.1) is 11.3 Å². The third-order valence-electron chi connectivity index (χ3n) is 12.2. The van der Waals surface area contributed by atoms with Crippen LogP contribution in [0.1, 0.15) is 0 Å². The Hall–Kier alpha value is -6.98. The minimum atomic E-state index is -2.96.